The molecular weight excluding hydrogens is 256 g/mol. The van der Waals surface area contributed by atoms with Crippen molar-refractivity contribution in [2.24, 2.45) is 0 Å². The fraction of sp³-hybridized carbons (Fsp3) is 0.714. The van der Waals surface area contributed by atoms with Crippen molar-refractivity contribution in [3.05, 3.63) is 11.4 Å². The summed E-state index contributed by atoms with van der Waals surface area (Å²) in [5, 5.41) is 3.48. The number of nitrogens with one attached hydrogen (secondary N) is 1. The van der Waals surface area contributed by atoms with Crippen molar-refractivity contribution in [2.75, 3.05) is 23.3 Å². The first-order valence-corrected chi connectivity index (χ1v) is 8.03. The molecule has 1 aromatic heterocycles. The maximum absolute atomic E-state index is 5.97. The Kier molecular flexibility index (Phi) is 4.55. The van der Waals surface area contributed by atoms with E-state index in [0.29, 0.717) is 10.6 Å². The molecule has 0 aliphatic carbocycles. The number of nitrogen functional groups attached to an aromatic ring is 1. The summed E-state index contributed by atoms with van der Waals surface area (Å²) >= 11 is 2.05. The molecule has 0 radical (unpaired) electrons. The molecule has 4 nitrogen and oxygen atoms in total. The molecule has 1 aliphatic rings. The molecule has 0 saturated carbocycles. The molecule has 3 N–H and O–H groups in total. The lowest BCUT2D eigenvalue weighted by Gasteiger charge is -2.24. The van der Waals surface area contributed by atoms with E-state index >= 15 is 0 Å². The lowest BCUT2D eigenvalue weighted by atomic mass is 10.1. The number of rotatable bonds is 5. The summed E-state index contributed by atoms with van der Waals surface area (Å²) in [5.74, 6) is 3.62. The van der Waals surface area contributed by atoms with Gasteiger partial charge in [0, 0.05) is 23.3 Å². The molecular formula is C14H24N4S. The lowest BCUT2D eigenvalue weighted by molar-refractivity contribution is 0.633. The van der Waals surface area contributed by atoms with E-state index in [0.717, 1.165) is 36.6 Å². The Bertz CT molecular complexity index is 441. The monoisotopic (exact) mass is 280 g/mol. The summed E-state index contributed by atoms with van der Waals surface area (Å²) in [6.07, 6.45) is 4.50. The van der Waals surface area contributed by atoms with Crippen LogP contribution in [0.3, 0.4) is 0 Å². The second-order valence-electron chi connectivity index (χ2n) is 5.50. The van der Waals surface area contributed by atoms with E-state index in [2.05, 4.69) is 40.9 Å². The molecule has 0 bridgehead atoms. The minimum atomic E-state index is 0.330. The van der Waals surface area contributed by atoms with Crippen LogP contribution in [0.25, 0.3) is 0 Å². The Morgan fingerprint density at radius 2 is 2.21 bits per heavy atom. The zero-order valence-electron chi connectivity index (χ0n) is 12.1. The van der Waals surface area contributed by atoms with Gasteiger partial charge in [0.15, 0.2) is 0 Å². The molecule has 2 rings (SSSR count). The molecule has 1 unspecified atom stereocenters. The quantitative estimate of drug-likeness (QED) is 0.868. The predicted molar refractivity (Wildman–Crippen MR) is 83.8 cm³/mol. The Balaban J connectivity index is 2.10. The van der Waals surface area contributed by atoms with E-state index in [1.165, 1.54) is 18.6 Å². The summed E-state index contributed by atoms with van der Waals surface area (Å²) in [6, 6.07) is 0. The van der Waals surface area contributed by atoms with E-state index in [-0.39, 0.29) is 0 Å². The fourth-order valence-corrected chi connectivity index (χ4v) is 3.58. The second-order valence-corrected chi connectivity index (χ2v) is 7.19. The van der Waals surface area contributed by atoms with E-state index in [1.807, 2.05) is 6.92 Å². The summed E-state index contributed by atoms with van der Waals surface area (Å²) in [5.41, 5.74) is 6.94. The van der Waals surface area contributed by atoms with E-state index in [4.69, 9.17) is 5.73 Å². The second kappa shape index (κ2) is 5.99. The summed E-state index contributed by atoms with van der Waals surface area (Å²) in [6.45, 7) is 7.38. The third kappa shape index (κ3) is 3.53. The van der Waals surface area contributed by atoms with E-state index in [9.17, 15) is 0 Å². The highest BCUT2D eigenvalue weighted by Crippen LogP contribution is 2.37. The maximum Gasteiger partial charge on any atom is 0.134 e. The average Bonchev–Trinajstić information content (AvgIpc) is 2.80. The van der Waals surface area contributed by atoms with Crippen LogP contribution in [0.15, 0.2) is 0 Å². The molecule has 2 heterocycles. The number of hydrogen-bond donors (Lipinski definition) is 2. The molecule has 5 heteroatoms. The van der Waals surface area contributed by atoms with Gasteiger partial charge in [0.05, 0.1) is 0 Å². The van der Waals surface area contributed by atoms with Crippen LogP contribution in [-0.2, 0) is 6.42 Å². The van der Waals surface area contributed by atoms with Crippen LogP contribution in [0.5, 0.6) is 0 Å². The van der Waals surface area contributed by atoms with Gasteiger partial charge in [0.2, 0.25) is 0 Å². The highest BCUT2D eigenvalue weighted by Gasteiger charge is 2.29. The van der Waals surface area contributed by atoms with Crippen LogP contribution in [0.1, 0.15) is 44.5 Å². The van der Waals surface area contributed by atoms with Gasteiger partial charge in [0.1, 0.15) is 17.5 Å². The molecule has 106 valence electrons. The normalized spacial score (nSPS) is 22.7. The molecule has 1 aliphatic heterocycles. The third-order valence-electron chi connectivity index (χ3n) is 3.63. The van der Waals surface area contributed by atoms with Crippen molar-refractivity contribution in [2.45, 2.75) is 51.2 Å². The van der Waals surface area contributed by atoms with Gasteiger partial charge < -0.3 is 11.1 Å². The first-order chi connectivity index (χ1) is 9.04. The summed E-state index contributed by atoms with van der Waals surface area (Å²) < 4.78 is 0.330. The number of hydrogen-bond acceptors (Lipinski definition) is 5. The molecule has 1 aromatic rings. The highest BCUT2D eigenvalue weighted by atomic mass is 32.2. The van der Waals surface area contributed by atoms with Crippen LogP contribution in [-0.4, -0.2) is 27.0 Å². The van der Waals surface area contributed by atoms with Gasteiger partial charge in [0.25, 0.3) is 0 Å². The number of nitrogens with two attached hydrogens (primary N) is 1. The smallest absolute Gasteiger partial charge is 0.134 e. The standard InChI is InChI=1S/C14H24N4S/c1-4-6-11-17-12(15)10(2)13(18-11)16-9-14(3)7-5-8-19-14/h4-9H2,1-3H3,(H3,15,16,17,18). The molecule has 1 fully saturated rings. The van der Waals surface area contributed by atoms with Crippen molar-refractivity contribution >= 4 is 23.4 Å². The first kappa shape index (κ1) is 14.4. The first-order valence-electron chi connectivity index (χ1n) is 7.05. The van der Waals surface area contributed by atoms with Crippen molar-refractivity contribution in [3.63, 3.8) is 0 Å². The average molecular weight is 280 g/mol. The predicted octanol–water partition coefficient (Wildman–Crippen LogP) is 3.02. The van der Waals surface area contributed by atoms with Gasteiger partial charge in [-0.1, -0.05) is 6.92 Å². The Hall–Kier alpha value is -0.970. The van der Waals surface area contributed by atoms with Crippen LogP contribution in [0.4, 0.5) is 11.6 Å². The van der Waals surface area contributed by atoms with Gasteiger partial charge in [-0.2, -0.15) is 11.8 Å². The van der Waals surface area contributed by atoms with Gasteiger partial charge in [-0.25, -0.2) is 9.97 Å². The number of nitrogens with zero attached hydrogens (tertiary/aromatic N) is 2. The lowest BCUT2D eigenvalue weighted by Crippen LogP contribution is -2.28. The number of aryl methyl sites for hydroxylation is 1. The molecule has 1 saturated heterocycles. The zero-order valence-corrected chi connectivity index (χ0v) is 12.9. The number of anilines is 2. The SMILES string of the molecule is CCCc1nc(N)c(C)c(NCC2(C)CCCS2)n1. The topological polar surface area (TPSA) is 63.8 Å². The number of aromatic nitrogens is 2. The van der Waals surface area contributed by atoms with E-state index < -0.39 is 0 Å². The molecule has 0 amide bonds. The van der Waals surface area contributed by atoms with Gasteiger partial charge >= 0.3 is 0 Å². The van der Waals surface area contributed by atoms with Crippen molar-refractivity contribution in [1.29, 1.82) is 0 Å². The van der Waals surface area contributed by atoms with Gasteiger partial charge in [-0.05, 0) is 38.9 Å². The Labute approximate surface area is 120 Å². The maximum atomic E-state index is 5.97. The van der Waals surface area contributed by atoms with Gasteiger partial charge in [-0.3, -0.25) is 0 Å². The molecule has 19 heavy (non-hydrogen) atoms. The highest BCUT2D eigenvalue weighted by molar-refractivity contribution is 8.00. The minimum Gasteiger partial charge on any atom is -0.383 e. The largest absolute Gasteiger partial charge is 0.383 e. The Morgan fingerprint density at radius 3 is 2.84 bits per heavy atom. The third-order valence-corrected chi connectivity index (χ3v) is 5.17. The molecule has 0 aromatic carbocycles. The number of thioether (sulfide) groups is 1. The van der Waals surface area contributed by atoms with E-state index in [1.54, 1.807) is 0 Å². The fourth-order valence-electron chi connectivity index (χ4n) is 2.34. The summed E-state index contributed by atoms with van der Waals surface area (Å²) in [4.78, 5) is 8.95. The van der Waals surface area contributed by atoms with Crippen LogP contribution < -0.4 is 11.1 Å². The van der Waals surface area contributed by atoms with Crippen molar-refractivity contribution < 1.29 is 0 Å². The minimum absolute atomic E-state index is 0.330. The van der Waals surface area contributed by atoms with Crippen molar-refractivity contribution in [1.82, 2.24) is 9.97 Å². The van der Waals surface area contributed by atoms with Crippen LogP contribution >= 0.6 is 11.8 Å². The van der Waals surface area contributed by atoms with Crippen molar-refractivity contribution in [3.8, 4) is 0 Å². The van der Waals surface area contributed by atoms with Gasteiger partial charge in [-0.15, -0.1) is 0 Å². The van der Waals surface area contributed by atoms with Crippen LogP contribution in [0, 0.1) is 6.92 Å². The summed E-state index contributed by atoms with van der Waals surface area (Å²) in [7, 11) is 0. The zero-order chi connectivity index (χ0) is 13.9. The van der Waals surface area contributed by atoms with Crippen LogP contribution in [0.2, 0.25) is 0 Å². The molecule has 1 atom stereocenters. The Morgan fingerprint density at radius 1 is 1.42 bits per heavy atom. The molecule has 0 spiro atoms.